The summed E-state index contributed by atoms with van der Waals surface area (Å²) in [5, 5.41) is 2.14. The normalized spacial score (nSPS) is 17.4. The lowest BCUT2D eigenvalue weighted by atomic mass is 10.1. The third-order valence-electron chi connectivity index (χ3n) is 3.60. The zero-order chi connectivity index (χ0) is 16.1. The number of carbonyl (C=O) groups excluding carboxylic acids is 4. The molecule has 0 atom stereocenters. The second-order valence-corrected chi connectivity index (χ2v) is 5.27. The molecule has 0 aromatic heterocycles. The molecule has 2 saturated heterocycles. The van der Waals surface area contributed by atoms with E-state index in [1.165, 1.54) is 4.90 Å². The van der Waals surface area contributed by atoms with Gasteiger partial charge in [0.2, 0.25) is 23.6 Å². The molecule has 6 heteroatoms. The number of imide groups is 2. The molecule has 4 amide bonds. The van der Waals surface area contributed by atoms with Crippen molar-refractivity contribution in [1.82, 2.24) is 10.2 Å². The van der Waals surface area contributed by atoms with Crippen LogP contribution in [-0.4, -0.2) is 28.5 Å². The van der Waals surface area contributed by atoms with Gasteiger partial charge in [-0.1, -0.05) is 24.3 Å². The molecule has 2 fully saturated rings. The topological polar surface area (TPSA) is 83.6 Å². The largest absolute Gasteiger partial charge is 0.296 e. The average Bonchev–Trinajstić information content (AvgIpc) is 3.01. The first-order valence-electron chi connectivity index (χ1n) is 7.18. The van der Waals surface area contributed by atoms with Crippen molar-refractivity contribution in [1.29, 1.82) is 0 Å². The van der Waals surface area contributed by atoms with E-state index in [4.69, 9.17) is 0 Å². The summed E-state index contributed by atoms with van der Waals surface area (Å²) in [6.45, 7) is 2.41. The Labute approximate surface area is 128 Å². The molecule has 6 nitrogen and oxygen atoms in total. The summed E-state index contributed by atoms with van der Waals surface area (Å²) >= 11 is 0. The SMILES string of the molecule is Cc1ccccc1CN1C(=O)CCC1=O.O=C1CCC(=O)N1. The maximum atomic E-state index is 11.4. The van der Waals surface area contributed by atoms with E-state index in [1.807, 2.05) is 31.2 Å². The zero-order valence-corrected chi connectivity index (χ0v) is 12.4. The van der Waals surface area contributed by atoms with Crippen molar-refractivity contribution in [3.8, 4) is 0 Å². The van der Waals surface area contributed by atoms with Crippen molar-refractivity contribution in [3.05, 3.63) is 35.4 Å². The Morgan fingerprint density at radius 3 is 1.91 bits per heavy atom. The van der Waals surface area contributed by atoms with Crippen LogP contribution in [0.3, 0.4) is 0 Å². The van der Waals surface area contributed by atoms with E-state index >= 15 is 0 Å². The molecule has 0 saturated carbocycles. The van der Waals surface area contributed by atoms with Gasteiger partial charge in [0.1, 0.15) is 0 Å². The van der Waals surface area contributed by atoms with Crippen LogP contribution in [0.25, 0.3) is 0 Å². The molecule has 0 radical (unpaired) electrons. The number of benzene rings is 1. The Morgan fingerprint density at radius 1 is 0.909 bits per heavy atom. The van der Waals surface area contributed by atoms with Crippen LogP contribution in [0.2, 0.25) is 0 Å². The van der Waals surface area contributed by atoms with Crippen LogP contribution >= 0.6 is 0 Å². The van der Waals surface area contributed by atoms with E-state index < -0.39 is 0 Å². The average molecular weight is 302 g/mol. The third-order valence-corrected chi connectivity index (χ3v) is 3.60. The van der Waals surface area contributed by atoms with Crippen LogP contribution in [0.5, 0.6) is 0 Å². The number of carbonyl (C=O) groups is 4. The summed E-state index contributed by atoms with van der Waals surface area (Å²) in [7, 11) is 0. The Morgan fingerprint density at radius 2 is 1.45 bits per heavy atom. The van der Waals surface area contributed by atoms with Gasteiger partial charge in [-0.15, -0.1) is 0 Å². The smallest absolute Gasteiger partial charge is 0.229 e. The number of nitrogens with one attached hydrogen (secondary N) is 1. The first-order valence-corrected chi connectivity index (χ1v) is 7.18. The zero-order valence-electron chi connectivity index (χ0n) is 12.4. The van der Waals surface area contributed by atoms with Gasteiger partial charge in [0.25, 0.3) is 0 Å². The van der Waals surface area contributed by atoms with E-state index in [-0.39, 0.29) is 23.6 Å². The molecule has 2 aliphatic heterocycles. The molecule has 0 unspecified atom stereocenters. The molecule has 1 N–H and O–H groups in total. The molecule has 116 valence electrons. The quantitative estimate of drug-likeness (QED) is 0.828. The van der Waals surface area contributed by atoms with Crippen molar-refractivity contribution in [3.63, 3.8) is 0 Å². The lowest BCUT2D eigenvalue weighted by Gasteiger charge is -2.15. The summed E-state index contributed by atoms with van der Waals surface area (Å²) in [5.41, 5.74) is 2.16. The predicted octanol–water partition coefficient (Wildman–Crippen LogP) is 1.07. The summed E-state index contributed by atoms with van der Waals surface area (Å²) < 4.78 is 0. The molecule has 3 rings (SSSR count). The molecule has 1 aromatic carbocycles. The lowest BCUT2D eigenvalue weighted by Crippen LogP contribution is -2.28. The molecule has 0 aliphatic carbocycles. The lowest BCUT2D eigenvalue weighted by molar-refractivity contribution is -0.139. The van der Waals surface area contributed by atoms with E-state index in [9.17, 15) is 19.2 Å². The van der Waals surface area contributed by atoms with Gasteiger partial charge in [-0.3, -0.25) is 29.4 Å². The first-order chi connectivity index (χ1) is 10.5. The number of hydrogen-bond acceptors (Lipinski definition) is 4. The standard InChI is InChI=1S/C12H13NO2.C4H5NO2/c1-9-4-2-3-5-10(9)8-13-11(14)6-7-12(13)15;6-3-1-2-4(7)5-3/h2-5H,6-8H2,1H3;1-2H2,(H,5,6,7). The number of nitrogens with zero attached hydrogens (tertiary/aromatic N) is 1. The highest BCUT2D eigenvalue weighted by atomic mass is 16.2. The maximum Gasteiger partial charge on any atom is 0.229 e. The summed E-state index contributed by atoms with van der Waals surface area (Å²) in [6.07, 6.45) is 1.48. The number of aryl methyl sites for hydroxylation is 1. The van der Waals surface area contributed by atoms with Crippen molar-refractivity contribution in [2.45, 2.75) is 39.2 Å². The summed E-state index contributed by atoms with van der Waals surface area (Å²) in [6, 6.07) is 7.81. The Bertz CT molecular complexity index is 594. The highest BCUT2D eigenvalue weighted by molar-refractivity contribution is 6.02. The molecule has 0 bridgehead atoms. The number of rotatable bonds is 2. The molecule has 1 aromatic rings. The molecule has 2 aliphatic rings. The minimum Gasteiger partial charge on any atom is -0.296 e. The number of amides is 4. The minimum absolute atomic E-state index is 0.0525. The third kappa shape index (κ3) is 4.00. The van der Waals surface area contributed by atoms with E-state index in [0.717, 1.165) is 11.1 Å². The summed E-state index contributed by atoms with van der Waals surface area (Å²) in [4.78, 5) is 44.4. The van der Waals surface area contributed by atoms with Crippen LogP contribution in [0.15, 0.2) is 24.3 Å². The van der Waals surface area contributed by atoms with Crippen LogP contribution in [-0.2, 0) is 25.7 Å². The van der Waals surface area contributed by atoms with Gasteiger partial charge in [-0.25, -0.2) is 0 Å². The second-order valence-electron chi connectivity index (χ2n) is 5.27. The van der Waals surface area contributed by atoms with Gasteiger partial charge >= 0.3 is 0 Å². The van der Waals surface area contributed by atoms with Gasteiger partial charge in [0.15, 0.2) is 0 Å². The minimum atomic E-state index is -0.148. The molecule has 0 spiro atoms. The fourth-order valence-corrected chi connectivity index (χ4v) is 2.26. The van der Waals surface area contributed by atoms with Crippen LogP contribution in [0.4, 0.5) is 0 Å². The van der Waals surface area contributed by atoms with Crippen molar-refractivity contribution in [2.75, 3.05) is 0 Å². The van der Waals surface area contributed by atoms with Gasteiger partial charge in [-0.2, -0.15) is 0 Å². The second kappa shape index (κ2) is 6.98. The monoisotopic (exact) mass is 302 g/mol. The van der Waals surface area contributed by atoms with Gasteiger partial charge in [0, 0.05) is 25.7 Å². The van der Waals surface area contributed by atoms with E-state index in [0.29, 0.717) is 32.2 Å². The van der Waals surface area contributed by atoms with E-state index in [2.05, 4.69) is 5.32 Å². The Balaban J connectivity index is 0.000000211. The van der Waals surface area contributed by atoms with Gasteiger partial charge < -0.3 is 0 Å². The fourth-order valence-electron chi connectivity index (χ4n) is 2.26. The molecule has 22 heavy (non-hydrogen) atoms. The Hall–Kier alpha value is -2.50. The number of likely N-dealkylation sites (tertiary alicyclic amines) is 1. The summed E-state index contributed by atoms with van der Waals surface area (Å²) in [5.74, 6) is -0.401. The first kappa shape index (κ1) is 15.9. The molecular weight excluding hydrogens is 284 g/mol. The number of hydrogen-bond donors (Lipinski definition) is 1. The van der Waals surface area contributed by atoms with Crippen LogP contribution in [0, 0.1) is 6.92 Å². The molecule has 2 heterocycles. The van der Waals surface area contributed by atoms with Gasteiger partial charge in [-0.05, 0) is 18.1 Å². The van der Waals surface area contributed by atoms with Crippen LogP contribution in [0.1, 0.15) is 36.8 Å². The highest BCUT2D eigenvalue weighted by Crippen LogP contribution is 2.17. The fraction of sp³-hybridized carbons (Fsp3) is 0.375. The van der Waals surface area contributed by atoms with Crippen molar-refractivity contribution >= 4 is 23.6 Å². The maximum absolute atomic E-state index is 11.4. The van der Waals surface area contributed by atoms with E-state index in [1.54, 1.807) is 0 Å². The van der Waals surface area contributed by atoms with Crippen LogP contribution < -0.4 is 5.32 Å². The highest BCUT2D eigenvalue weighted by Gasteiger charge is 2.28. The van der Waals surface area contributed by atoms with Gasteiger partial charge in [0.05, 0.1) is 6.54 Å². The predicted molar refractivity (Wildman–Crippen MR) is 78.4 cm³/mol. The molecular formula is C16H18N2O4. The van der Waals surface area contributed by atoms with Crippen molar-refractivity contribution in [2.24, 2.45) is 0 Å². The van der Waals surface area contributed by atoms with Crippen molar-refractivity contribution < 1.29 is 19.2 Å². The Kier molecular flexibility index (Phi) is 5.04.